The molecule has 1 aromatic carbocycles. The van der Waals surface area contributed by atoms with E-state index in [-0.39, 0.29) is 17.1 Å². The monoisotopic (exact) mass is 305 g/mol. The summed E-state index contributed by atoms with van der Waals surface area (Å²) in [5.41, 5.74) is 3.35. The van der Waals surface area contributed by atoms with Gasteiger partial charge in [0.05, 0.1) is 35.8 Å². The number of benzene rings is 1. The molecule has 6 nitrogen and oxygen atoms in total. The van der Waals surface area contributed by atoms with Crippen LogP contribution >= 0.6 is 0 Å². The Morgan fingerprint density at radius 2 is 2.18 bits per heavy atom. The smallest absolute Gasteiger partial charge is 0.198 e. The van der Waals surface area contributed by atoms with Crippen molar-refractivity contribution < 1.29 is 20.0 Å². The lowest BCUT2D eigenvalue weighted by Gasteiger charge is -2.15. The quantitative estimate of drug-likeness (QED) is 0.777. The second kappa shape index (κ2) is 5.42. The second-order valence-electron chi connectivity index (χ2n) is 5.43. The Labute approximate surface area is 125 Å². The number of rotatable bonds is 5. The van der Waals surface area contributed by atoms with Crippen molar-refractivity contribution in [2.45, 2.75) is 18.9 Å². The number of nitrogens with zero attached hydrogens (tertiary/aromatic N) is 1. The van der Waals surface area contributed by atoms with Crippen LogP contribution in [0.25, 0.3) is 10.9 Å². The van der Waals surface area contributed by atoms with Gasteiger partial charge in [-0.2, -0.15) is 0 Å². The Bertz CT molecular complexity index is 812. The average Bonchev–Trinajstić information content (AvgIpc) is 3.30. The zero-order valence-corrected chi connectivity index (χ0v) is 11.9. The molecule has 1 aromatic heterocycles. The first-order valence-corrected chi connectivity index (χ1v) is 7.15. The summed E-state index contributed by atoms with van der Waals surface area (Å²) < 4.78 is 15.8. The van der Waals surface area contributed by atoms with Crippen LogP contribution < -0.4 is 21.6 Å². The van der Waals surface area contributed by atoms with Gasteiger partial charge in [0.25, 0.3) is 0 Å². The van der Waals surface area contributed by atoms with Crippen LogP contribution in [0.3, 0.4) is 0 Å². The van der Waals surface area contributed by atoms with Gasteiger partial charge in [-0.1, -0.05) is 0 Å². The van der Waals surface area contributed by atoms with E-state index >= 15 is 0 Å². The van der Waals surface area contributed by atoms with E-state index in [4.69, 9.17) is 0 Å². The van der Waals surface area contributed by atoms with Crippen LogP contribution in [0.5, 0.6) is 0 Å². The first-order valence-electron chi connectivity index (χ1n) is 7.15. The maximum absolute atomic E-state index is 14.1. The molecule has 0 spiro atoms. The third kappa shape index (κ3) is 2.43. The molecule has 4 N–H and O–H groups in total. The Morgan fingerprint density at radius 3 is 2.77 bits per heavy atom. The molecule has 1 saturated carbocycles. The number of carboxylic acid groups (broad SMARTS) is 1. The summed E-state index contributed by atoms with van der Waals surface area (Å²) in [5.74, 6) is -2.13. The number of fused-ring (bicyclic) bond motifs is 1. The van der Waals surface area contributed by atoms with E-state index in [1.54, 1.807) is 10.6 Å². The van der Waals surface area contributed by atoms with Gasteiger partial charge in [0, 0.05) is 17.6 Å². The highest BCUT2D eigenvalue weighted by Gasteiger charge is 2.26. The van der Waals surface area contributed by atoms with Gasteiger partial charge >= 0.3 is 0 Å². The zero-order chi connectivity index (χ0) is 15.9. The molecular weight excluding hydrogens is 289 g/mol. The van der Waals surface area contributed by atoms with Crippen LogP contribution in [0.1, 0.15) is 29.2 Å². The van der Waals surface area contributed by atoms with Gasteiger partial charge in [-0.15, -0.1) is 0 Å². The van der Waals surface area contributed by atoms with Crippen LogP contribution in [0.4, 0.5) is 10.1 Å². The maximum Gasteiger partial charge on any atom is 0.198 e. The van der Waals surface area contributed by atoms with Crippen molar-refractivity contribution >= 4 is 22.6 Å². The first-order chi connectivity index (χ1) is 10.5. The van der Waals surface area contributed by atoms with Crippen molar-refractivity contribution in [1.29, 1.82) is 0 Å². The van der Waals surface area contributed by atoms with Crippen molar-refractivity contribution in [3.8, 4) is 0 Å². The van der Waals surface area contributed by atoms with Gasteiger partial charge < -0.3 is 25.5 Å². The van der Waals surface area contributed by atoms with E-state index < -0.39 is 22.8 Å². The largest absolute Gasteiger partial charge is 0.545 e. The molecule has 116 valence electrons. The Balaban J connectivity index is 2.27. The summed E-state index contributed by atoms with van der Waals surface area (Å²) in [4.78, 5) is 23.3. The molecule has 1 aliphatic carbocycles. The van der Waals surface area contributed by atoms with Crippen LogP contribution in [-0.2, 0) is 0 Å². The summed E-state index contributed by atoms with van der Waals surface area (Å²) in [6.45, 7) is 1.10. The fourth-order valence-corrected chi connectivity index (χ4v) is 2.53. The van der Waals surface area contributed by atoms with Gasteiger partial charge in [0.1, 0.15) is 5.82 Å². The van der Waals surface area contributed by atoms with Crippen LogP contribution in [0.15, 0.2) is 23.1 Å². The minimum atomic E-state index is -1.54. The molecule has 1 heterocycles. The number of aromatic nitrogens is 1. The summed E-state index contributed by atoms with van der Waals surface area (Å²) >= 11 is 0. The van der Waals surface area contributed by atoms with Gasteiger partial charge in [-0.25, -0.2) is 4.39 Å². The topological polar surface area (TPSA) is 102 Å². The number of nitrogens with one attached hydrogen (secondary N) is 1. The molecule has 0 unspecified atom stereocenters. The standard InChI is InChI=1S/C15H16FN3O3/c16-11-5-9-13(6-12(11)18-4-3-17)19(8-1-2-8)7-10(14(9)20)15(21)22/h5-8,18H,1-4,17H2,(H,21,22). The SMILES string of the molecule is [NH3+]CCNc1cc2c(cc1F)c(=O)c(C(=O)[O-])cn2C1CC1. The second-order valence-corrected chi connectivity index (χ2v) is 5.43. The minimum absolute atomic E-state index is 0.0614. The zero-order valence-electron chi connectivity index (χ0n) is 11.9. The Hall–Kier alpha value is -2.41. The first kappa shape index (κ1) is 14.5. The third-order valence-corrected chi connectivity index (χ3v) is 3.77. The Kier molecular flexibility index (Phi) is 3.58. The summed E-state index contributed by atoms with van der Waals surface area (Å²) in [5, 5.41) is 14.1. The number of hydrogen-bond acceptors (Lipinski definition) is 4. The van der Waals surface area contributed by atoms with Crippen molar-refractivity contribution in [2.75, 3.05) is 18.4 Å². The number of carbonyl (C=O) groups is 1. The average molecular weight is 305 g/mol. The number of pyridine rings is 1. The molecule has 0 aliphatic heterocycles. The third-order valence-electron chi connectivity index (χ3n) is 3.77. The molecule has 0 amide bonds. The number of carbonyl (C=O) groups excluding carboxylic acids is 1. The molecule has 0 saturated heterocycles. The molecule has 0 bridgehead atoms. The molecular formula is C15H16FN3O3. The van der Waals surface area contributed by atoms with Crippen LogP contribution in [0, 0.1) is 5.82 Å². The summed E-state index contributed by atoms with van der Waals surface area (Å²) in [7, 11) is 0. The highest BCUT2D eigenvalue weighted by atomic mass is 19.1. The fourth-order valence-electron chi connectivity index (χ4n) is 2.53. The summed E-state index contributed by atoms with van der Waals surface area (Å²) in [6, 6.07) is 2.79. The van der Waals surface area contributed by atoms with Gasteiger partial charge in [0.15, 0.2) is 5.43 Å². The number of anilines is 1. The molecule has 0 atom stereocenters. The fraction of sp³-hybridized carbons (Fsp3) is 0.333. The molecule has 2 aromatic rings. The molecule has 1 fully saturated rings. The van der Waals surface area contributed by atoms with Gasteiger partial charge in [-0.05, 0) is 25.0 Å². The highest BCUT2D eigenvalue weighted by Crippen LogP contribution is 2.37. The van der Waals surface area contributed by atoms with Crippen LogP contribution in [-0.4, -0.2) is 23.6 Å². The lowest BCUT2D eigenvalue weighted by molar-refractivity contribution is -0.362. The van der Waals surface area contributed by atoms with Crippen molar-refractivity contribution in [3.05, 3.63) is 39.9 Å². The van der Waals surface area contributed by atoms with Gasteiger partial charge in [0.2, 0.25) is 0 Å². The van der Waals surface area contributed by atoms with E-state index in [1.165, 1.54) is 6.20 Å². The number of hydrogen-bond donors (Lipinski definition) is 2. The highest BCUT2D eigenvalue weighted by molar-refractivity contribution is 5.92. The predicted octanol–water partition coefficient (Wildman–Crippen LogP) is -0.507. The molecule has 7 heteroatoms. The van der Waals surface area contributed by atoms with Crippen molar-refractivity contribution in [2.24, 2.45) is 0 Å². The van der Waals surface area contributed by atoms with E-state index in [0.717, 1.165) is 18.9 Å². The number of aromatic carboxylic acids is 1. The lowest BCUT2D eigenvalue weighted by Crippen LogP contribution is -2.53. The normalized spacial score (nSPS) is 14.3. The molecule has 0 radical (unpaired) electrons. The van der Waals surface area contributed by atoms with Gasteiger partial charge in [-0.3, -0.25) is 4.79 Å². The Morgan fingerprint density at radius 1 is 1.45 bits per heavy atom. The summed E-state index contributed by atoms with van der Waals surface area (Å²) in [6.07, 6.45) is 3.12. The molecule has 1 aliphatic rings. The van der Waals surface area contributed by atoms with E-state index in [0.29, 0.717) is 18.6 Å². The van der Waals surface area contributed by atoms with E-state index in [2.05, 4.69) is 11.1 Å². The molecule has 3 rings (SSSR count). The maximum atomic E-state index is 14.1. The number of quaternary nitrogens is 1. The van der Waals surface area contributed by atoms with Crippen molar-refractivity contribution in [1.82, 2.24) is 4.57 Å². The van der Waals surface area contributed by atoms with Crippen molar-refractivity contribution in [3.63, 3.8) is 0 Å². The number of carboxylic acids is 1. The lowest BCUT2D eigenvalue weighted by atomic mass is 10.1. The minimum Gasteiger partial charge on any atom is -0.545 e. The predicted molar refractivity (Wildman–Crippen MR) is 77.0 cm³/mol. The van der Waals surface area contributed by atoms with E-state index in [9.17, 15) is 19.1 Å². The van der Waals surface area contributed by atoms with Crippen LogP contribution in [0.2, 0.25) is 0 Å². The van der Waals surface area contributed by atoms with E-state index in [1.807, 2.05) is 0 Å². The number of halogens is 1. The molecule has 22 heavy (non-hydrogen) atoms.